The van der Waals surface area contributed by atoms with Crippen LogP contribution < -0.4 is 5.32 Å². The molecule has 1 N–H and O–H groups in total. The second-order valence-electron chi connectivity index (χ2n) is 7.10. The third-order valence-electron chi connectivity index (χ3n) is 5.60. The van der Waals surface area contributed by atoms with Crippen LogP contribution >= 0.6 is 0 Å². The molecule has 116 valence electrons. The van der Waals surface area contributed by atoms with Crippen molar-refractivity contribution in [3.05, 3.63) is 23.7 Å². The van der Waals surface area contributed by atoms with E-state index in [0.29, 0.717) is 0 Å². The van der Waals surface area contributed by atoms with Gasteiger partial charge in [-0.3, -0.25) is 9.80 Å². The van der Waals surface area contributed by atoms with Crippen molar-refractivity contribution in [3.8, 4) is 0 Å². The molecule has 3 heterocycles. The molecule has 0 aromatic carbocycles. The maximum absolute atomic E-state index is 5.77. The topological polar surface area (TPSA) is 31.6 Å². The van der Waals surface area contributed by atoms with E-state index in [-0.39, 0.29) is 0 Å². The largest absolute Gasteiger partial charge is 0.468 e. The third-order valence-corrected chi connectivity index (χ3v) is 5.60. The van der Waals surface area contributed by atoms with Crippen molar-refractivity contribution in [2.75, 3.05) is 20.1 Å². The second kappa shape index (κ2) is 5.75. The van der Waals surface area contributed by atoms with Gasteiger partial charge in [0.15, 0.2) is 0 Å². The maximum Gasteiger partial charge on any atom is 0.122 e. The van der Waals surface area contributed by atoms with Crippen molar-refractivity contribution in [3.63, 3.8) is 0 Å². The lowest BCUT2D eigenvalue weighted by Gasteiger charge is -2.25. The number of hydrogen-bond acceptors (Lipinski definition) is 4. The Morgan fingerprint density at radius 1 is 1.19 bits per heavy atom. The molecule has 0 spiro atoms. The molecule has 3 fully saturated rings. The summed E-state index contributed by atoms with van der Waals surface area (Å²) in [5.41, 5.74) is 1.35. The van der Waals surface area contributed by atoms with Crippen LogP contribution in [0.1, 0.15) is 43.4 Å². The Balaban J connectivity index is 1.38. The predicted molar refractivity (Wildman–Crippen MR) is 83.0 cm³/mol. The van der Waals surface area contributed by atoms with Crippen LogP contribution in [-0.2, 0) is 13.1 Å². The average Bonchev–Trinajstić information content (AvgIpc) is 3.12. The Hall–Kier alpha value is -0.840. The summed E-state index contributed by atoms with van der Waals surface area (Å²) in [6.45, 7) is 4.35. The van der Waals surface area contributed by atoms with E-state index in [1.54, 1.807) is 0 Å². The smallest absolute Gasteiger partial charge is 0.122 e. The van der Waals surface area contributed by atoms with Gasteiger partial charge in [0.2, 0.25) is 0 Å². The van der Waals surface area contributed by atoms with E-state index in [1.807, 2.05) is 6.26 Å². The normalized spacial score (nSPS) is 30.7. The lowest BCUT2D eigenvalue weighted by molar-refractivity contribution is 0.204. The van der Waals surface area contributed by atoms with E-state index in [4.69, 9.17) is 4.42 Å². The van der Waals surface area contributed by atoms with Gasteiger partial charge in [-0.25, -0.2) is 0 Å². The van der Waals surface area contributed by atoms with Gasteiger partial charge in [0.25, 0.3) is 0 Å². The Bertz CT molecular complexity index is 482. The zero-order chi connectivity index (χ0) is 14.2. The fourth-order valence-corrected chi connectivity index (χ4v) is 3.93. The van der Waals surface area contributed by atoms with Crippen LogP contribution in [0.5, 0.6) is 0 Å². The highest BCUT2D eigenvalue weighted by molar-refractivity contribution is 5.17. The van der Waals surface area contributed by atoms with Crippen molar-refractivity contribution < 1.29 is 4.42 Å². The van der Waals surface area contributed by atoms with Crippen LogP contribution in [0.4, 0.5) is 0 Å². The Morgan fingerprint density at radius 2 is 2.05 bits per heavy atom. The quantitative estimate of drug-likeness (QED) is 0.900. The molecule has 0 amide bonds. The summed E-state index contributed by atoms with van der Waals surface area (Å²) in [4.78, 5) is 5.21. The number of fused-ring (bicyclic) bond motifs is 2. The molecule has 1 saturated carbocycles. The standard InChI is InChI=1S/C17H27N3O/c1-19-15-4-5-16(19)11-20(8-6-15)12-17-13(7-9-21-17)10-18-14-2-3-14/h7,9,14-16,18H,2-6,8,10-12H2,1H3. The van der Waals surface area contributed by atoms with E-state index in [1.165, 1.54) is 56.5 Å². The van der Waals surface area contributed by atoms with Gasteiger partial charge in [0, 0.05) is 43.3 Å². The molecule has 0 radical (unpaired) electrons. The van der Waals surface area contributed by atoms with Crippen LogP contribution in [-0.4, -0.2) is 48.1 Å². The monoisotopic (exact) mass is 289 g/mol. The van der Waals surface area contributed by atoms with Crippen molar-refractivity contribution in [2.45, 2.75) is 63.3 Å². The number of likely N-dealkylation sites (tertiary alicyclic amines) is 1. The van der Waals surface area contributed by atoms with E-state index < -0.39 is 0 Å². The number of furan rings is 1. The van der Waals surface area contributed by atoms with Gasteiger partial charge >= 0.3 is 0 Å². The fraction of sp³-hybridized carbons (Fsp3) is 0.765. The van der Waals surface area contributed by atoms with Crippen molar-refractivity contribution in [2.24, 2.45) is 0 Å². The molecule has 4 nitrogen and oxygen atoms in total. The van der Waals surface area contributed by atoms with Crippen molar-refractivity contribution in [1.82, 2.24) is 15.1 Å². The molecular weight excluding hydrogens is 262 g/mol. The zero-order valence-corrected chi connectivity index (χ0v) is 13.1. The van der Waals surface area contributed by atoms with Gasteiger partial charge in [-0.2, -0.15) is 0 Å². The summed E-state index contributed by atoms with van der Waals surface area (Å²) in [5, 5.41) is 3.60. The van der Waals surface area contributed by atoms with Gasteiger partial charge in [0.05, 0.1) is 12.8 Å². The van der Waals surface area contributed by atoms with Crippen LogP contribution in [0.2, 0.25) is 0 Å². The Morgan fingerprint density at radius 3 is 2.90 bits per heavy atom. The Labute approximate surface area is 127 Å². The summed E-state index contributed by atoms with van der Waals surface area (Å²) in [7, 11) is 2.31. The van der Waals surface area contributed by atoms with Crippen LogP contribution in [0.3, 0.4) is 0 Å². The number of hydrogen-bond donors (Lipinski definition) is 1. The molecular formula is C17H27N3O. The van der Waals surface area contributed by atoms with Crippen LogP contribution in [0, 0.1) is 0 Å². The number of likely N-dealkylation sites (N-methyl/N-ethyl adjacent to an activating group) is 1. The van der Waals surface area contributed by atoms with Gasteiger partial charge in [0.1, 0.15) is 5.76 Å². The first-order valence-electron chi connectivity index (χ1n) is 8.52. The van der Waals surface area contributed by atoms with Gasteiger partial charge < -0.3 is 9.73 Å². The van der Waals surface area contributed by atoms with Gasteiger partial charge in [-0.15, -0.1) is 0 Å². The molecule has 1 aromatic rings. The first-order valence-corrected chi connectivity index (χ1v) is 8.52. The first kappa shape index (κ1) is 13.8. The average molecular weight is 289 g/mol. The SMILES string of the molecule is CN1C2CCC1CN(Cc1occc1CNC1CC1)CC2. The molecule has 2 saturated heterocycles. The van der Waals surface area contributed by atoms with Crippen molar-refractivity contribution >= 4 is 0 Å². The van der Waals surface area contributed by atoms with Crippen LogP contribution in [0.15, 0.2) is 16.7 Å². The second-order valence-corrected chi connectivity index (χ2v) is 7.10. The molecule has 4 rings (SSSR count). The minimum Gasteiger partial charge on any atom is -0.468 e. The first-order chi connectivity index (χ1) is 10.3. The summed E-state index contributed by atoms with van der Waals surface area (Å²) >= 11 is 0. The number of nitrogens with zero attached hydrogens (tertiary/aromatic N) is 2. The molecule has 2 bridgehead atoms. The molecule has 4 heteroatoms. The molecule has 2 atom stereocenters. The summed E-state index contributed by atoms with van der Waals surface area (Å²) < 4.78 is 5.77. The third kappa shape index (κ3) is 3.03. The Kier molecular flexibility index (Phi) is 3.78. The van der Waals surface area contributed by atoms with E-state index >= 15 is 0 Å². The molecule has 1 aliphatic carbocycles. The molecule has 21 heavy (non-hydrogen) atoms. The predicted octanol–water partition coefficient (Wildman–Crippen LogP) is 2.20. The summed E-state index contributed by atoms with van der Waals surface area (Å²) in [5.74, 6) is 1.17. The summed E-state index contributed by atoms with van der Waals surface area (Å²) in [6.07, 6.45) is 8.61. The minimum atomic E-state index is 0.750. The zero-order valence-electron chi connectivity index (χ0n) is 13.1. The molecule has 3 aliphatic rings. The van der Waals surface area contributed by atoms with Crippen molar-refractivity contribution in [1.29, 1.82) is 0 Å². The van der Waals surface area contributed by atoms with Crippen LogP contribution in [0.25, 0.3) is 0 Å². The van der Waals surface area contributed by atoms with E-state index in [2.05, 4.69) is 28.2 Å². The lowest BCUT2D eigenvalue weighted by atomic mass is 10.1. The van der Waals surface area contributed by atoms with E-state index in [0.717, 1.165) is 31.2 Å². The molecule has 2 aliphatic heterocycles. The lowest BCUT2D eigenvalue weighted by Crippen LogP contribution is -2.36. The molecule has 1 aromatic heterocycles. The minimum absolute atomic E-state index is 0.750. The number of nitrogens with one attached hydrogen (secondary N) is 1. The van der Waals surface area contributed by atoms with Gasteiger partial charge in [-0.05, 0) is 45.2 Å². The highest BCUT2D eigenvalue weighted by Crippen LogP contribution is 2.29. The highest BCUT2D eigenvalue weighted by Gasteiger charge is 2.34. The summed E-state index contributed by atoms with van der Waals surface area (Å²) in [6, 6.07) is 4.46. The maximum atomic E-state index is 5.77. The fourth-order valence-electron chi connectivity index (χ4n) is 3.93. The van der Waals surface area contributed by atoms with E-state index in [9.17, 15) is 0 Å². The highest BCUT2D eigenvalue weighted by atomic mass is 16.3. The molecule has 2 unspecified atom stereocenters. The number of rotatable bonds is 5. The van der Waals surface area contributed by atoms with Gasteiger partial charge in [-0.1, -0.05) is 0 Å².